The monoisotopic (exact) mass is 474 g/mol. The molecule has 2 aromatic rings. The number of hydrogen-bond acceptors (Lipinski definition) is 5. The molecule has 2 amide bonds. The minimum atomic E-state index is -0.957. The topological polar surface area (TPSA) is 125 Å². The minimum absolute atomic E-state index is 0.0349. The van der Waals surface area contributed by atoms with Gasteiger partial charge in [0, 0.05) is 37.0 Å². The van der Waals surface area contributed by atoms with E-state index in [1.807, 2.05) is 0 Å². The summed E-state index contributed by atoms with van der Waals surface area (Å²) in [6, 6.07) is 8.23. The highest BCUT2D eigenvalue weighted by atomic mass is 35.5. The summed E-state index contributed by atoms with van der Waals surface area (Å²) in [5.74, 6) is -2.04. The number of aliphatic carboxylic acids is 1. The number of carboxylic acids is 1. The van der Waals surface area contributed by atoms with Crippen LogP contribution in [0, 0.1) is 0 Å². The number of nitrogens with zero attached hydrogens (tertiary/aromatic N) is 2. The van der Waals surface area contributed by atoms with Crippen LogP contribution in [0.2, 0.25) is 10.0 Å². The molecule has 10 heteroatoms. The van der Waals surface area contributed by atoms with Gasteiger partial charge in [-0.2, -0.15) is 0 Å². The zero-order valence-electron chi connectivity index (χ0n) is 17.1. The quantitative estimate of drug-likeness (QED) is 0.553. The van der Waals surface area contributed by atoms with Gasteiger partial charge in [0.15, 0.2) is 0 Å². The van der Waals surface area contributed by atoms with E-state index < -0.39 is 17.8 Å². The number of hydrogen-bond donors (Lipinski definition) is 3. The van der Waals surface area contributed by atoms with E-state index in [4.69, 9.17) is 34.0 Å². The molecule has 8 nitrogen and oxygen atoms in total. The largest absolute Gasteiger partial charge is 0.481 e. The maximum absolute atomic E-state index is 13.2. The average molecular weight is 475 g/mol. The van der Waals surface area contributed by atoms with Gasteiger partial charge in [-0.1, -0.05) is 41.4 Å². The minimum Gasteiger partial charge on any atom is -0.481 e. The van der Waals surface area contributed by atoms with E-state index in [-0.39, 0.29) is 35.0 Å². The number of amides is 2. The van der Waals surface area contributed by atoms with Crippen LogP contribution in [0.3, 0.4) is 0 Å². The van der Waals surface area contributed by atoms with Gasteiger partial charge >= 0.3 is 5.97 Å². The first-order valence-corrected chi connectivity index (χ1v) is 10.3. The van der Waals surface area contributed by atoms with Crippen molar-refractivity contribution < 1.29 is 19.5 Å². The standard InChI is InChI=1S/C22H20Cl2N4O4/c1-26-10-15(9-25)14-7-16(23)20(17(24)8-14)22(32)28-11-13-4-2-3-12(5-6-18(29)30)19(13)21(31)27-28/h2-4,7-10H,5-6,11,25H2,1H3,(H,27,31)(H,29,30). The number of nitrogens with two attached hydrogens (primary N) is 1. The van der Waals surface area contributed by atoms with Gasteiger partial charge < -0.3 is 10.8 Å². The number of carboxylic acid groups (broad SMARTS) is 1. The number of benzene rings is 2. The Balaban J connectivity index is 1.91. The summed E-state index contributed by atoms with van der Waals surface area (Å²) in [5.41, 5.74) is 10.9. The molecule has 2 aromatic carbocycles. The Bertz CT molecular complexity index is 1140. The van der Waals surface area contributed by atoms with Gasteiger partial charge in [-0.15, -0.1) is 0 Å². The predicted molar refractivity (Wildman–Crippen MR) is 123 cm³/mol. The molecule has 0 saturated carbocycles. The van der Waals surface area contributed by atoms with Gasteiger partial charge in [0.25, 0.3) is 11.8 Å². The number of rotatable bonds is 6. The Kier molecular flexibility index (Phi) is 7.17. The Morgan fingerprint density at radius 3 is 2.56 bits per heavy atom. The molecule has 0 spiro atoms. The molecular formula is C22H20Cl2N4O4. The van der Waals surface area contributed by atoms with Crippen molar-refractivity contribution >= 4 is 52.8 Å². The van der Waals surface area contributed by atoms with E-state index in [1.165, 1.54) is 12.4 Å². The maximum atomic E-state index is 13.2. The van der Waals surface area contributed by atoms with Crippen molar-refractivity contribution in [2.45, 2.75) is 19.4 Å². The molecule has 0 aromatic heterocycles. The van der Waals surface area contributed by atoms with E-state index in [0.29, 0.717) is 27.8 Å². The Hall–Kier alpha value is -3.36. The molecule has 0 bridgehead atoms. The smallest absolute Gasteiger partial charge is 0.303 e. The van der Waals surface area contributed by atoms with Crippen LogP contribution in [0.4, 0.5) is 0 Å². The predicted octanol–water partition coefficient (Wildman–Crippen LogP) is 3.31. The van der Waals surface area contributed by atoms with Crippen molar-refractivity contribution in [2.75, 3.05) is 7.05 Å². The molecule has 0 saturated heterocycles. The van der Waals surface area contributed by atoms with Crippen LogP contribution in [-0.4, -0.2) is 41.2 Å². The second-order valence-electron chi connectivity index (χ2n) is 7.00. The van der Waals surface area contributed by atoms with Gasteiger partial charge in [0.05, 0.1) is 22.2 Å². The van der Waals surface area contributed by atoms with Gasteiger partial charge in [-0.25, -0.2) is 5.01 Å². The number of nitrogens with one attached hydrogen (secondary N) is 1. The third-order valence-electron chi connectivity index (χ3n) is 4.92. The van der Waals surface area contributed by atoms with Crippen molar-refractivity contribution in [3.8, 4) is 0 Å². The molecule has 0 atom stereocenters. The lowest BCUT2D eigenvalue weighted by atomic mass is 9.95. The van der Waals surface area contributed by atoms with Gasteiger partial charge in [-0.3, -0.25) is 24.8 Å². The highest BCUT2D eigenvalue weighted by molar-refractivity contribution is 6.40. The molecular weight excluding hydrogens is 455 g/mol. The number of carbonyl (C=O) groups is 3. The lowest BCUT2D eigenvalue weighted by Crippen LogP contribution is -2.49. The Morgan fingerprint density at radius 2 is 1.97 bits per heavy atom. The lowest BCUT2D eigenvalue weighted by molar-refractivity contribution is -0.136. The molecule has 0 unspecified atom stereocenters. The van der Waals surface area contributed by atoms with E-state index in [0.717, 1.165) is 5.01 Å². The summed E-state index contributed by atoms with van der Waals surface area (Å²) >= 11 is 12.7. The van der Waals surface area contributed by atoms with Crippen LogP contribution in [0.25, 0.3) is 5.57 Å². The SMILES string of the molecule is CN=CC(=CN)c1cc(Cl)c(C(=O)N2Cc3cccc(CCC(=O)O)c3C(=O)N2)c(Cl)c1. The summed E-state index contributed by atoms with van der Waals surface area (Å²) in [5, 5.41) is 10.3. The van der Waals surface area contributed by atoms with E-state index in [9.17, 15) is 14.4 Å². The summed E-state index contributed by atoms with van der Waals surface area (Å²) in [6.45, 7) is 0.0751. The van der Waals surface area contributed by atoms with Crippen LogP contribution >= 0.6 is 23.2 Å². The molecule has 1 aliphatic heterocycles. The zero-order valence-corrected chi connectivity index (χ0v) is 18.6. The van der Waals surface area contributed by atoms with Crippen molar-refractivity contribution in [2.24, 2.45) is 10.7 Å². The third kappa shape index (κ3) is 4.76. The van der Waals surface area contributed by atoms with Gasteiger partial charge in [0.2, 0.25) is 0 Å². The number of fused-ring (bicyclic) bond motifs is 1. The number of aryl methyl sites for hydroxylation is 1. The highest BCUT2D eigenvalue weighted by Gasteiger charge is 2.31. The molecule has 0 radical (unpaired) electrons. The van der Waals surface area contributed by atoms with Gasteiger partial charge in [-0.05, 0) is 35.2 Å². The number of halogens is 2. The number of hydrazine groups is 1. The molecule has 3 rings (SSSR count). The van der Waals surface area contributed by atoms with Crippen LogP contribution in [0.1, 0.15) is 43.8 Å². The van der Waals surface area contributed by atoms with E-state index in [1.54, 1.807) is 37.4 Å². The maximum Gasteiger partial charge on any atom is 0.303 e. The average Bonchev–Trinajstić information content (AvgIpc) is 2.74. The van der Waals surface area contributed by atoms with Crippen molar-refractivity contribution in [3.63, 3.8) is 0 Å². The number of aliphatic imine (C=N–C) groups is 1. The first-order valence-electron chi connectivity index (χ1n) is 9.55. The summed E-state index contributed by atoms with van der Waals surface area (Å²) in [4.78, 5) is 40.8. The van der Waals surface area contributed by atoms with Gasteiger partial charge in [0.1, 0.15) is 0 Å². The molecule has 1 heterocycles. The number of allylic oxidation sites excluding steroid dienone is 1. The summed E-state index contributed by atoms with van der Waals surface area (Å²) in [7, 11) is 1.59. The van der Waals surface area contributed by atoms with Crippen LogP contribution in [0.15, 0.2) is 41.5 Å². The van der Waals surface area contributed by atoms with Crippen molar-refractivity contribution in [1.29, 1.82) is 0 Å². The fraction of sp³-hybridized carbons (Fsp3) is 0.182. The first kappa shape index (κ1) is 23.3. The lowest BCUT2D eigenvalue weighted by Gasteiger charge is -2.30. The first-order chi connectivity index (χ1) is 15.3. The third-order valence-corrected chi connectivity index (χ3v) is 5.52. The molecule has 0 aliphatic carbocycles. The molecule has 32 heavy (non-hydrogen) atoms. The molecule has 0 fully saturated rings. The fourth-order valence-electron chi connectivity index (χ4n) is 3.47. The fourth-order valence-corrected chi connectivity index (χ4v) is 4.12. The molecule has 166 valence electrons. The normalized spacial score (nSPS) is 13.8. The van der Waals surface area contributed by atoms with Crippen LogP contribution < -0.4 is 11.2 Å². The second kappa shape index (κ2) is 9.84. The Labute approximate surface area is 194 Å². The van der Waals surface area contributed by atoms with Crippen molar-refractivity contribution in [1.82, 2.24) is 10.4 Å². The van der Waals surface area contributed by atoms with E-state index >= 15 is 0 Å². The summed E-state index contributed by atoms with van der Waals surface area (Å²) < 4.78 is 0. The van der Waals surface area contributed by atoms with E-state index in [2.05, 4.69) is 10.4 Å². The summed E-state index contributed by atoms with van der Waals surface area (Å²) in [6.07, 6.45) is 2.98. The van der Waals surface area contributed by atoms with Crippen LogP contribution in [0.5, 0.6) is 0 Å². The molecule has 1 aliphatic rings. The zero-order chi connectivity index (χ0) is 23.4. The van der Waals surface area contributed by atoms with Crippen LogP contribution in [-0.2, 0) is 17.8 Å². The number of carbonyl (C=O) groups excluding carboxylic acids is 2. The second-order valence-corrected chi connectivity index (χ2v) is 7.82. The van der Waals surface area contributed by atoms with Crippen molar-refractivity contribution in [3.05, 3.63) is 74.4 Å². The molecule has 4 N–H and O–H groups in total. The Morgan fingerprint density at radius 1 is 1.28 bits per heavy atom. The highest BCUT2D eigenvalue weighted by Crippen LogP contribution is 2.31.